The van der Waals surface area contributed by atoms with Crippen molar-refractivity contribution in [3.8, 4) is 16.9 Å². The van der Waals surface area contributed by atoms with Gasteiger partial charge in [0, 0.05) is 6.42 Å². The lowest BCUT2D eigenvalue weighted by atomic mass is 9.99. The van der Waals surface area contributed by atoms with Crippen LogP contribution in [0.15, 0.2) is 103 Å². The minimum Gasteiger partial charge on any atom is -0.492 e. The van der Waals surface area contributed by atoms with Crippen LogP contribution in [-0.2, 0) is 13.0 Å². The van der Waals surface area contributed by atoms with E-state index in [0.29, 0.717) is 12.5 Å². The van der Waals surface area contributed by atoms with Crippen LogP contribution in [0, 0.1) is 0 Å². The number of ether oxygens (including phenoxy) is 1. The van der Waals surface area contributed by atoms with Gasteiger partial charge in [-0.15, -0.1) is 0 Å². The van der Waals surface area contributed by atoms with Gasteiger partial charge in [0.25, 0.3) is 0 Å². The van der Waals surface area contributed by atoms with Crippen molar-refractivity contribution in [2.75, 3.05) is 6.61 Å². The second-order valence-corrected chi connectivity index (χ2v) is 9.13. The molecule has 0 saturated heterocycles. The average Bonchev–Trinajstić information content (AvgIpc) is 3.26. The van der Waals surface area contributed by atoms with E-state index in [9.17, 15) is 0 Å². The Morgan fingerprint density at radius 2 is 1.46 bits per heavy atom. The van der Waals surface area contributed by atoms with Crippen LogP contribution >= 0.6 is 0 Å². The van der Waals surface area contributed by atoms with Crippen LogP contribution in [-0.4, -0.2) is 16.2 Å². The number of imidazole rings is 1. The Balaban J connectivity index is 1.31. The number of benzene rings is 4. The Kier molecular flexibility index (Phi) is 6.94. The molecule has 35 heavy (non-hydrogen) atoms. The summed E-state index contributed by atoms with van der Waals surface area (Å²) in [6.07, 6.45) is 1.93. The van der Waals surface area contributed by atoms with Crippen LogP contribution in [0.4, 0.5) is 0 Å². The molecule has 0 amide bonds. The van der Waals surface area contributed by atoms with Crippen molar-refractivity contribution in [2.24, 2.45) is 0 Å². The standard InChI is InChI=1S/C32H32N2O/c1-3-24(2)26-17-19-29(20-18-26)35-22-21-34-31-12-8-7-11-30(31)33-32(34)23-25-13-15-28(16-14-25)27-9-5-4-6-10-27/h4-20,24H,3,21-23H2,1-2H3. The maximum absolute atomic E-state index is 6.12. The SMILES string of the molecule is CCC(C)c1ccc(OCCn2c(Cc3ccc(-c4ccccc4)cc3)nc3ccccc32)cc1. The minimum absolute atomic E-state index is 0.575. The van der Waals surface area contributed by atoms with Gasteiger partial charge in [-0.2, -0.15) is 0 Å². The first kappa shape index (κ1) is 22.9. The van der Waals surface area contributed by atoms with Crippen LogP contribution in [0.1, 0.15) is 43.1 Å². The molecule has 0 N–H and O–H groups in total. The van der Waals surface area contributed by atoms with Crippen LogP contribution in [0.5, 0.6) is 5.75 Å². The Morgan fingerprint density at radius 1 is 0.771 bits per heavy atom. The van der Waals surface area contributed by atoms with Gasteiger partial charge in [-0.1, -0.05) is 92.7 Å². The van der Waals surface area contributed by atoms with Crippen molar-refractivity contribution >= 4 is 11.0 Å². The van der Waals surface area contributed by atoms with Crippen LogP contribution in [0.2, 0.25) is 0 Å². The summed E-state index contributed by atoms with van der Waals surface area (Å²) in [5.41, 5.74) is 7.26. The molecule has 176 valence electrons. The fourth-order valence-corrected chi connectivity index (χ4v) is 4.52. The van der Waals surface area contributed by atoms with Gasteiger partial charge in [-0.05, 0) is 58.9 Å². The van der Waals surface area contributed by atoms with Gasteiger partial charge in [0.05, 0.1) is 17.6 Å². The fourth-order valence-electron chi connectivity index (χ4n) is 4.52. The third-order valence-corrected chi connectivity index (χ3v) is 6.80. The molecule has 0 radical (unpaired) electrons. The predicted molar refractivity (Wildman–Crippen MR) is 145 cm³/mol. The molecule has 0 spiro atoms. The lowest BCUT2D eigenvalue weighted by Crippen LogP contribution is -2.11. The first-order chi connectivity index (χ1) is 17.2. The van der Waals surface area contributed by atoms with Gasteiger partial charge < -0.3 is 9.30 Å². The van der Waals surface area contributed by atoms with E-state index < -0.39 is 0 Å². The van der Waals surface area contributed by atoms with E-state index in [2.05, 4.69) is 109 Å². The van der Waals surface area contributed by atoms with Crippen LogP contribution < -0.4 is 4.74 Å². The summed E-state index contributed by atoms with van der Waals surface area (Å²) in [5.74, 6) is 2.56. The smallest absolute Gasteiger partial charge is 0.119 e. The van der Waals surface area contributed by atoms with Crippen LogP contribution in [0.3, 0.4) is 0 Å². The van der Waals surface area contributed by atoms with Crippen molar-refractivity contribution in [3.63, 3.8) is 0 Å². The van der Waals surface area contributed by atoms with Gasteiger partial charge in [0.2, 0.25) is 0 Å². The molecule has 1 atom stereocenters. The van der Waals surface area contributed by atoms with E-state index in [1.807, 2.05) is 12.1 Å². The number of fused-ring (bicyclic) bond motifs is 1. The number of aromatic nitrogens is 2. The zero-order valence-electron chi connectivity index (χ0n) is 20.5. The van der Waals surface area contributed by atoms with E-state index >= 15 is 0 Å². The molecule has 4 aromatic carbocycles. The normalized spacial score (nSPS) is 12.1. The summed E-state index contributed by atoms with van der Waals surface area (Å²) in [6.45, 7) is 5.84. The molecule has 1 heterocycles. The topological polar surface area (TPSA) is 27.1 Å². The molecular weight excluding hydrogens is 428 g/mol. The van der Waals surface area contributed by atoms with E-state index in [1.54, 1.807) is 0 Å². The molecule has 0 saturated carbocycles. The lowest BCUT2D eigenvalue weighted by Gasteiger charge is -2.13. The highest BCUT2D eigenvalue weighted by Gasteiger charge is 2.12. The molecule has 3 nitrogen and oxygen atoms in total. The largest absolute Gasteiger partial charge is 0.492 e. The number of rotatable bonds is 9. The first-order valence-electron chi connectivity index (χ1n) is 12.5. The van der Waals surface area contributed by atoms with E-state index in [0.717, 1.165) is 42.0 Å². The van der Waals surface area contributed by atoms with Gasteiger partial charge in [0.15, 0.2) is 0 Å². The van der Waals surface area contributed by atoms with E-state index in [1.165, 1.54) is 22.3 Å². The zero-order valence-corrected chi connectivity index (χ0v) is 20.5. The second kappa shape index (κ2) is 10.6. The van der Waals surface area contributed by atoms with Crippen LogP contribution in [0.25, 0.3) is 22.2 Å². The summed E-state index contributed by atoms with van der Waals surface area (Å²) in [7, 11) is 0. The van der Waals surface area contributed by atoms with Crippen molar-refractivity contribution in [3.05, 3.63) is 120 Å². The molecule has 5 rings (SSSR count). The average molecular weight is 461 g/mol. The first-order valence-corrected chi connectivity index (χ1v) is 12.5. The molecule has 5 aromatic rings. The van der Waals surface area contributed by atoms with E-state index in [-0.39, 0.29) is 0 Å². The van der Waals surface area contributed by atoms with E-state index in [4.69, 9.17) is 9.72 Å². The molecule has 1 unspecified atom stereocenters. The summed E-state index contributed by atoms with van der Waals surface area (Å²) in [6, 6.07) is 36.2. The molecule has 0 bridgehead atoms. The highest BCUT2D eigenvalue weighted by molar-refractivity contribution is 5.76. The van der Waals surface area contributed by atoms with Gasteiger partial charge in [-0.25, -0.2) is 4.98 Å². The maximum atomic E-state index is 6.12. The highest BCUT2D eigenvalue weighted by atomic mass is 16.5. The molecule has 0 fully saturated rings. The number of para-hydroxylation sites is 2. The van der Waals surface area contributed by atoms with Crippen molar-refractivity contribution in [2.45, 2.75) is 39.2 Å². The summed E-state index contributed by atoms with van der Waals surface area (Å²) in [5, 5.41) is 0. The van der Waals surface area contributed by atoms with Gasteiger partial charge >= 0.3 is 0 Å². The van der Waals surface area contributed by atoms with Gasteiger partial charge in [0.1, 0.15) is 18.2 Å². The fraction of sp³-hybridized carbons (Fsp3) is 0.219. The maximum Gasteiger partial charge on any atom is 0.119 e. The Labute approximate surface area is 208 Å². The molecule has 0 aliphatic rings. The minimum atomic E-state index is 0.575. The number of hydrogen-bond donors (Lipinski definition) is 0. The summed E-state index contributed by atoms with van der Waals surface area (Å²) < 4.78 is 8.42. The molecule has 1 aromatic heterocycles. The highest BCUT2D eigenvalue weighted by Crippen LogP contribution is 2.24. The Hall–Kier alpha value is -3.85. The Morgan fingerprint density at radius 3 is 2.20 bits per heavy atom. The van der Waals surface area contributed by atoms with Gasteiger partial charge in [-0.3, -0.25) is 0 Å². The molecule has 0 aliphatic carbocycles. The number of nitrogens with zero attached hydrogens (tertiary/aromatic N) is 2. The third kappa shape index (κ3) is 5.30. The quantitative estimate of drug-likeness (QED) is 0.224. The second-order valence-electron chi connectivity index (χ2n) is 9.13. The third-order valence-electron chi connectivity index (χ3n) is 6.80. The van der Waals surface area contributed by atoms with Crippen molar-refractivity contribution < 1.29 is 4.74 Å². The summed E-state index contributed by atoms with van der Waals surface area (Å²) in [4.78, 5) is 4.96. The number of hydrogen-bond acceptors (Lipinski definition) is 2. The predicted octanol–water partition coefficient (Wildman–Crippen LogP) is 7.89. The lowest BCUT2D eigenvalue weighted by molar-refractivity contribution is 0.298. The van der Waals surface area contributed by atoms with Crippen molar-refractivity contribution in [1.29, 1.82) is 0 Å². The Bertz CT molecular complexity index is 1370. The molecule has 3 heteroatoms. The molecular formula is C32H32N2O. The monoisotopic (exact) mass is 460 g/mol. The van der Waals surface area contributed by atoms with Crippen molar-refractivity contribution in [1.82, 2.24) is 9.55 Å². The zero-order chi connectivity index (χ0) is 24.0. The summed E-state index contributed by atoms with van der Waals surface area (Å²) >= 11 is 0. The molecule has 0 aliphatic heterocycles.